The standard InChI is InChI=1S/C13H13BrN2O2/c1-18-12-4-9(7-15)2-3-11(12)16-8-10(6-14)5-13(16)17/h2-4,10H,5-6,8H2,1H3. The Kier molecular flexibility index (Phi) is 3.87. The summed E-state index contributed by atoms with van der Waals surface area (Å²) in [6.45, 7) is 0.687. The number of amides is 1. The number of hydrogen-bond acceptors (Lipinski definition) is 3. The number of nitrogens with zero attached hydrogens (tertiary/aromatic N) is 2. The summed E-state index contributed by atoms with van der Waals surface area (Å²) in [7, 11) is 1.54. The number of methoxy groups -OCH3 is 1. The molecular formula is C13H13BrN2O2. The lowest BCUT2D eigenvalue weighted by atomic mass is 10.1. The largest absolute Gasteiger partial charge is 0.495 e. The number of hydrogen-bond donors (Lipinski definition) is 0. The Morgan fingerprint density at radius 3 is 2.94 bits per heavy atom. The summed E-state index contributed by atoms with van der Waals surface area (Å²) in [5.74, 6) is 0.998. The highest BCUT2D eigenvalue weighted by molar-refractivity contribution is 9.09. The molecule has 1 heterocycles. The number of carbonyl (C=O) groups is 1. The number of alkyl halides is 1. The maximum atomic E-state index is 12.0. The third kappa shape index (κ3) is 2.34. The molecule has 1 unspecified atom stereocenters. The fourth-order valence-electron chi connectivity index (χ4n) is 2.09. The average molecular weight is 309 g/mol. The lowest BCUT2D eigenvalue weighted by molar-refractivity contribution is -0.117. The highest BCUT2D eigenvalue weighted by Crippen LogP contribution is 2.34. The predicted molar refractivity (Wildman–Crippen MR) is 72.0 cm³/mol. The number of ether oxygens (including phenoxy) is 1. The predicted octanol–water partition coefficient (Wildman–Crippen LogP) is 2.31. The van der Waals surface area contributed by atoms with Crippen molar-refractivity contribution in [2.45, 2.75) is 6.42 Å². The van der Waals surface area contributed by atoms with Gasteiger partial charge in [-0.1, -0.05) is 15.9 Å². The summed E-state index contributed by atoms with van der Waals surface area (Å²) < 4.78 is 5.26. The molecule has 1 amide bonds. The van der Waals surface area contributed by atoms with Crippen molar-refractivity contribution in [2.75, 3.05) is 23.9 Å². The lowest BCUT2D eigenvalue weighted by Gasteiger charge is -2.19. The van der Waals surface area contributed by atoms with Gasteiger partial charge >= 0.3 is 0 Å². The van der Waals surface area contributed by atoms with Crippen LogP contribution in [0.15, 0.2) is 18.2 Å². The van der Waals surface area contributed by atoms with Crippen LogP contribution < -0.4 is 9.64 Å². The summed E-state index contributed by atoms with van der Waals surface area (Å²) in [6, 6.07) is 7.19. The van der Waals surface area contributed by atoms with Gasteiger partial charge in [0.15, 0.2) is 0 Å². The van der Waals surface area contributed by atoms with Crippen molar-refractivity contribution in [1.82, 2.24) is 0 Å². The first-order valence-electron chi connectivity index (χ1n) is 5.64. The van der Waals surface area contributed by atoms with E-state index in [4.69, 9.17) is 10.00 Å². The zero-order valence-electron chi connectivity index (χ0n) is 10.0. The molecule has 1 aliphatic heterocycles. The number of benzene rings is 1. The highest BCUT2D eigenvalue weighted by atomic mass is 79.9. The summed E-state index contributed by atoms with van der Waals surface area (Å²) in [4.78, 5) is 13.7. The van der Waals surface area contributed by atoms with Crippen LogP contribution in [0.1, 0.15) is 12.0 Å². The minimum Gasteiger partial charge on any atom is -0.495 e. The molecule has 0 saturated carbocycles. The van der Waals surface area contributed by atoms with Gasteiger partial charge < -0.3 is 9.64 Å². The Morgan fingerprint density at radius 2 is 2.39 bits per heavy atom. The molecule has 1 fully saturated rings. The van der Waals surface area contributed by atoms with E-state index in [2.05, 4.69) is 22.0 Å². The molecule has 0 bridgehead atoms. The van der Waals surface area contributed by atoms with Crippen LogP contribution in [0.3, 0.4) is 0 Å². The SMILES string of the molecule is COc1cc(C#N)ccc1N1CC(CBr)CC1=O. The maximum Gasteiger partial charge on any atom is 0.227 e. The quantitative estimate of drug-likeness (QED) is 0.805. The van der Waals surface area contributed by atoms with Gasteiger partial charge in [0, 0.05) is 24.4 Å². The minimum atomic E-state index is 0.0995. The topological polar surface area (TPSA) is 53.3 Å². The first-order chi connectivity index (χ1) is 8.69. The molecule has 0 N–H and O–H groups in total. The third-order valence-electron chi connectivity index (χ3n) is 3.02. The van der Waals surface area contributed by atoms with Crippen LogP contribution in [0.4, 0.5) is 5.69 Å². The molecule has 0 radical (unpaired) electrons. The molecule has 18 heavy (non-hydrogen) atoms. The van der Waals surface area contributed by atoms with E-state index in [0.29, 0.717) is 30.2 Å². The monoisotopic (exact) mass is 308 g/mol. The van der Waals surface area contributed by atoms with Crippen LogP contribution in [0.2, 0.25) is 0 Å². The average Bonchev–Trinajstić information content (AvgIpc) is 2.79. The van der Waals surface area contributed by atoms with E-state index in [0.717, 1.165) is 11.0 Å². The van der Waals surface area contributed by atoms with Gasteiger partial charge in [0.1, 0.15) is 5.75 Å². The van der Waals surface area contributed by atoms with Crippen molar-refractivity contribution in [3.63, 3.8) is 0 Å². The van der Waals surface area contributed by atoms with Gasteiger partial charge in [0.05, 0.1) is 24.4 Å². The van der Waals surface area contributed by atoms with Gasteiger partial charge in [-0.05, 0) is 18.1 Å². The molecule has 0 aromatic heterocycles. The van der Waals surface area contributed by atoms with Crippen molar-refractivity contribution in [3.8, 4) is 11.8 Å². The number of rotatable bonds is 3. The van der Waals surface area contributed by atoms with Crippen LogP contribution in [0.5, 0.6) is 5.75 Å². The third-order valence-corrected chi connectivity index (χ3v) is 3.94. The Labute approximate surface area is 114 Å². The van der Waals surface area contributed by atoms with E-state index in [1.54, 1.807) is 30.2 Å². The molecule has 2 rings (SSSR count). The lowest BCUT2D eigenvalue weighted by Crippen LogP contribution is -2.25. The number of nitriles is 1. The second kappa shape index (κ2) is 5.40. The van der Waals surface area contributed by atoms with Crippen LogP contribution >= 0.6 is 15.9 Å². The zero-order chi connectivity index (χ0) is 13.1. The van der Waals surface area contributed by atoms with E-state index in [1.165, 1.54) is 0 Å². The summed E-state index contributed by atoms with van der Waals surface area (Å²) in [5, 5.41) is 9.67. The normalized spacial score (nSPS) is 18.8. The zero-order valence-corrected chi connectivity index (χ0v) is 11.6. The Hall–Kier alpha value is -1.54. The van der Waals surface area contributed by atoms with Gasteiger partial charge in [0.25, 0.3) is 0 Å². The molecular weight excluding hydrogens is 296 g/mol. The van der Waals surface area contributed by atoms with Gasteiger partial charge in [-0.25, -0.2) is 0 Å². The second-order valence-electron chi connectivity index (χ2n) is 4.23. The minimum absolute atomic E-state index is 0.0995. The number of carbonyl (C=O) groups excluding carboxylic acids is 1. The molecule has 4 nitrogen and oxygen atoms in total. The van der Waals surface area contributed by atoms with Crippen LogP contribution in [-0.4, -0.2) is 24.9 Å². The molecule has 1 atom stereocenters. The maximum absolute atomic E-state index is 12.0. The summed E-state index contributed by atoms with van der Waals surface area (Å²) in [6.07, 6.45) is 0.550. The fourth-order valence-corrected chi connectivity index (χ4v) is 2.52. The summed E-state index contributed by atoms with van der Waals surface area (Å²) in [5.41, 5.74) is 1.27. The van der Waals surface area contributed by atoms with Crippen molar-refractivity contribution in [1.29, 1.82) is 5.26 Å². The number of halogens is 1. The highest BCUT2D eigenvalue weighted by Gasteiger charge is 2.31. The van der Waals surface area contributed by atoms with Crippen molar-refractivity contribution in [3.05, 3.63) is 23.8 Å². The van der Waals surface area contributed by atoms with E-state index >= 15 is 0 Å². The molecule has 1 aromatic rings. The Balaban J connectivity index is 2.34. The smallest absolute Gasteiger partial charge is 0.227 e. The van der Waals surface area contributed by atoms with E-state index in [-0.39, 0.29) is 5.91 Å². The van der Waals surface area contributed by atoms with E-state index < -0.39 is 0 Å². The van der Waals surface area contributed by atoms with Gasteiger partial charge in [0.2, 0.25) is 5.91 Å². The fraction of sp³-hybridized carbons (Fsp3) is 0.385. The van der Waals surface area contributed by atoms with Crippen molar-refractivity contribution < 1.29 is 9.53 Å². The molecule has 0 spiro atoms. The molecule has 1 saturated heterocycles. The van der Waals surface area contributed by atoms with Crippen LogP contribution in [0.25, 0.3) is 0 Å². The first kappa shape index (κ1) is 12.9. The summed E-state index contributed by atoms with van der Waals surface area (Å²) >= 11 is 3.41. The molecule has 0 aliphatic carbocycles. The van der Waals surface area contributed by atoms with Crippen LogP contribution in [0, 0.1) is 17.2 Å². The van der Waals surface area contributed by atoms with Crippen molar-refractivity contribution in [2.24, 2.45) is 5.92 Å². The van der Waals surface area contributed by atoms with Gasteiger partial charge in [-0.15, -0.1) is 0 Å². The van der Waals surface area contributed by atoms with Gasteiger partial charge in [-0.3, -0.25) is 4.79 Å². The second-order valence-corrected chi connectivity index (χ2v) is 4.87. The van der Waals surface area contributed by atoms with Gasteiger partial charge in [-0.2, -0.15) is 5.26 Å². The molecule has 94 valence electrons. The van der Waals surface area contributed by atoms with Crippen molar-refractivity contribution >= 4 is 27.5 Å². The molecule has 5 heteroatoms. The van der Waals surface area contributed by atoms with Crippen LogP contribution in [-0.2, 0) is 4.79 Å². The Morgan fingerprint density at radius 1 is 1.61 bits per heavy atom. The molecule has 1 aliphatic rings. The number of anilines is 1. The molecule has 1 aromatic carbocycles. The van der Waals surface area contributed by atoms with E-state index in [1.807, 2.05) is 0 Å². The first-order valence-corrected chi connectivity index (χ1v) is 6.76. The van der Waals surface area contributed by atoms with E-state index in [9.17, 15) is 4.79 Å². The Bertz CT molecular complexity index is 510.